The van der Waals surface area contributed by atoms with E-state index in [9.17, 15) is 0 Å². The van der Waals surface area contributed by atoms with E-state index in [0.29, 0.717) is 10.9 Å². The minimum atomic E-state index is 0.601. The Morgan fingerprint density at radius 1 is 1.39 bits per heavy atom. The van der Waals surface area contributed by atoms with Crippen LogP contribution in [0.1, 0.15) is 12.1 Å². The van der Waals surface area contributed by atoms with Gasteiger partial charge in [-0.2, -0.15) is 0 Å². The third-order valence-electron chi connectivity index (χ3n) is 2.51. The van der Waals surface area contributed by atoms with E-state index in [2.05, 4.69) is 10.3 Å². The molecular formula is C12H13Cl2N3O. The number of aryl methyl sites for hydroxylation is 1. The molecule has 6 heteroatoms. The Morgan fingerprint density at radius 2 is 2.22 bits per heavy atom. The standard InChI is InChI=1S/C12H13Cl2N3O/c1-18-10-4-5-11(14)12(7-10)17-8-9(15-16-17)3-2-6-13/h4-5,7-8H,2-3,6H2,1H3. The van der Waals surface area contributed by atoms with Crippen molar-refractivity contribution in [2.24, 2.45) is 0 Å². The van der Waals surface area contributed by atoms with Gasteiger partial charge in [-0.25, -0.2) is 4.68 Å². The van der Waals surface area contributed by atoms with Gasteiger partial charge in [0.1, 0.15) is 5.75 Å². The molecule has 0 N–H and O–H groups in total. The molecule has 0 bridgehead atoms. The Morgan fingerprint density at radius 3 is 2.94 bits per heavy atom. The van der Waals surface area contributed by atoms with Gasteiger partial charge in [-0.1, -0.05) is 16.8 Å². The van der Waals surface area contributed by atoms with Crippen molar-refractivity contribution >= 4 is 23.2 Å². The second kappa shape index (κ2) is 6.07. The van der Waals surface area contributed by atoms with Crippen LogP contribution in [-0.4, -0.2) is 28.0 Å². The predicted molar refractivity (Wildman–Crippen MR) is 72.0 cm³/mol. The summed E-state index contributed by atoms with van der Waals surface area (Å²) in [6.45, 7) is 0. The molecule has 0 aliphatic heterocycles. The maximum atomic E-state index is 6.14. The number of hydrogen-bond donors (Lipinski definition) is 0. The van der Waals surface area contributed by atoms with E-state index < -0.39 is 0 Å². The quantitative estimate of drug-likeness (QED) is 0.793. The summed E-state index contributed by atoms with van der Waals surface area (Å²) in [4.78, 5) is 0. The van der Waals surface area contributed by atoms with E-state index in [0.717, 1.165) is 30.0 Å². The summed E-state index contributed by atoms with van der Waals surface area (Å²) in [7, 11) is 1.61. The number of aromatic nitrogens is 3. The van der Waals surface area contributed by atoms with Gasteiger partial charge in [0.05, 0.1) is 29.7 Å². The lowest BCUT2D eigenvalue weighted by molar-refractivity contribution is 0.414. The smallest absolute Gasteiger partial charge is 0.121 e. The van der Waals surface area contributed by atoms with Gasteiger partial charge in [0.15, 0.2) is 0 Å². The topological polar surface area (TPSA) is 39.9 Å². The Labute approximate surface area is 115 Å². The number of nitrogens with zero attached hydrogens (tertiary/aromatic N) is 3. The van der Waals surface area contributed by atoms with Gasteiger partial charge < -0.3 is 4.74 Å². The molecule has 0 aliphatic carbocycles. The van der Waals surface area contributed by atoms with Gasteiger partial charge in [0.2, 0.25) is 0 Å². The molecule has 0 aliphatic rings. The average Bonchev–Trinajstić information content (AvgIpc) is 2.85. The zero-order chi connectivity index (χ0) is 13.0. The molecular weight excluding hydrogens is 273 g/mol. The summed E-state index contributed by atoms with van der Waals surface area (Å²) >= 11 is 11.8. The van der Waals surface area contributed by atoms with E-state index in [1.54, 1.807) is 23.9 Å². The molecule has 0 radical (unpaired) electrons. The van der Waals surface area contributed by atoms with Crippen LogP contribution in [0.3, 0.4) is 0 Å². The van der Waals surface area contributed by atoms with Crippen molar-refractivity contribution in [3.05, 3.63) is 35.1 Å². The van der Waals surface area contributed by atoms with E-state index >= 15 is 0 Å². The zero-order valence-electron chi connectivity index (χ0n) is 9.94. The molecule has 0 spiro atoms. The maximum Gasteiger partial charge on any atom is 0.121 e. The van der Waals surface area contributed by atoms with Crippen LogP contribution in [-0.2, 0) is 6.42 Å². The molecule has 0 unspecified atom stereocenters. The number of alkyl halides is 1. The highest BCUT2D eigenvalue weighted by Gasteiger charge is 2.08. The molecule has 1 aromatic carbocycles. The minimum Gasteiger partial charge on any atom is -0.497 e. The molecule has 0 atom stereocenters. The van der Waals surface area contributed by atoms with Crippen LogP contribution < -0.4 is 4.74 Å². The van der Waals surface area contributed by atoms with E-state index in [4.69, 9.17) is 27.9 Å². The highest BCUT2D eigenvalue weighted by molar-refractivity contribution is 6.32. The Hall–Kier alpha value is -1.26. The number of benzene rings is 1. The summed E-state index contributed by atoms with van der Waals surface area (Å²) < 4.78 is 6.81. The molecule has 0 fully saturated rings. The molecule has 4 nitrogen and oxygen atoms in total. The van der Waals surface area contributed by atoms with E-state index in [1.807, 2.05) is 12.3 Å². The van der Waals surface area contributed by atoms with Crippen LogP contribution in [0, 0.1) is 0 Å². The fourth-order valence-corrected chi connectivity index (χ4v) is 1.91. The van der Waals surface area contributed by atoms with Crippen molar-refractivity contribution < 1.29 is 4.74 Å². The van der Waals surface area contributed by atoms with Gasteiger partial charge in [0, 0.05) is 11.9 Å². The minimum absolute atomic E-state index is 0.601. The largest absolute Gasteiger partial charge is 0.497 e. The van der Waals surface area contributed by atoms with Gasteiger partial charge in [-0.15, -0.1) is 16.7 Å². The van der Waals surface area contributed by atoms with Crippen molar-refractivity contribution in [2.45, 2.75) is 12.8 Å². The molecule has 18 heavy (non-hydrogen) atoms. The van der Waals surface area contributed by atoms with E-state index in [1.165, 1.54) is 0 Å². The molecule has 2 aromatic rings. The monoisotopic (exact) mass is 285 g/mol. The summed E-state index contributed by atoms with van der Waals surface area (Å²) in [5.74, 6) is 1.35. The summed E-state index contributed by atoms with van der Waals surface area (Å²) in [5, 5.41) is 8.74. The van der Waals surface area contributed by atoms with Crippen LogP contribution in [0.2, 0.25) is 5.02 Å². The zero-order valence-corrected chi connectivity index (χ0v) is 11.4. The first-order chi connectivity index (χ1) is 8.74. The third kappa shape index (κ3) is 2.94. The lowest BCUT2D eigenvalue weighted by Gasteiger charge is -2.05. The molecule has 0 saturated carbocycles. The van der Waals surface area contributed by atoms with Gasteiger partial charge >= 0.3 is 0 Å². The Bertz CT molecular complexity index is 528. The Balaban J connectivity index is 2.27. The summed E-state index contributed by atoms with van der Waals surface area (Å²) in [5.41, 5.74) is 1.65. The Kier molecular flexibility index (Phi) is 4.44. The highest BCUT2D eigenvalue weighted by atomic mass is 35.5. The molecule has 0 amide bonds. The van der Waals surface area contributed by atoms with E-state index in [-0.39, 0.29) is 0 Å². The normalized spacial score (nSPS) is 10.6. The SMILES string of the molecule is COc1ccc(Cl)c(-n2cc(CCCCl)nn2)c1. The summed E-state index contributed by atoms with van der Waals surface area (Å²) in [6, 6.07) is 5.40. The average molecular weight is 286 g/mol. The number of methoxy groups -OCH3 is 1. The van der Waals surface area contributed by atoms with Crippen molar-refractivity contribution in [1.29, 1.82) is 0 Å². The lowest BCUT2D eigenvalue weighted by Crippen LogP contribution is -1.97. The van der Waals surface area contributed by atoms with Crippen molar-refractivity contribution in [2.75, 3.05) is 13.0 Å². The lowest BCUT2D eigenvalue weighted by atomic mass is 10.2. The fraction of sp³-hybridized carbons (Fsp3) is 0.333. The third-order valence-corrected chi connectivity index (χ3v) is 3.09. The second-order valence-electron chi connectivity index (χ2n) is 3.76. The molecule has 1 heterocycles. The molecule has 1 aromatic heterocycles. The first-order valence-electron chi connectivity index (χ1n) is 5.55. The predicted octanol–water partition coefficient (Wildman–Crippen LogP) is 3.10. The van der Waals surface area contributed by atoms with Crippen molar-refractivity contribution in [3.8, 4) is 11.4 Å². The van der Waals surface area contributed by atoms with Crippen LogP contribution in [0.4, 0.5) is 0 Å². The summed E-state index contributed by atoms with van der Waals surface area (Å²) in [6.07, 6.45) is 3.55. The maximum absolute atomic E-state index is 6.14. The van der Waals surface area contributed by atoms with Gasteiger partial charge in [0.25, 0.3) is 0 Å². The number of rotatable bonds is 5. The number of halogens is 2. The van der Waals surface area contributed by atoms with Crippen molar-refractivity contribution in [3.63, 3.8) is 0 Å². The van der Waals surface area contributed by atoms with Crippen molar-refractivity contribution in [1.82, 2.24) is 15.0 Å². The molecule has 2 rings (SSSR count). The highest BCUT2D eigenvalue weighted by Crippen LogP contribution is 2.24. The van der Waals surface area contributed by atoms with Crippen LogP contribution >= 0.6 is 23.2 Å². The fourth-order valence-electron chi connectivity index (χ4n) is 1.57. The van der Waals surface area contributed by atoms with Crippen LogP contribution in [0.15, 0.2) is 24.4 Å². The number of hydrogen-bond acceptors (Lipinski definition) is 3. The molecule has 0 saturated heterocycles. The van der Waals surface area contributed by atoms with Crippen LogP contribution in [0.25, 0.3) is 5.69 Å². The molecule has 96 valence electrons. The van der Waals surface area contributed by atoms with Gasteiger partial charge in [-0.3, -0.25) is 0 Å². The second-order valence-corrected chi connectivity index (χ2v) is 4.55. The first kappa shape index (κ1) is 13.2. The number of ether oxygens (including phenoxy) is 1. The van der Waals surface area contributed by atoms with Gasteiger partial charge in [-0.05, 0) is 25.0 Å². The van der Waals surface area contributed by atoms with Crippen LogP contribution in [0.5, 0.6) is 5.75 Å². The first-order valence-corrected chi connectivity index (χ1v) is 6.47.